The lowest BCUT2D eigenvalue weighted by molar-refractivity contribution is -0.129. The second kappa shape index (κ2) is 11.0. The summed E-state index contributed by atoms with van der Waals surface area (Å²) >= 11 is 1.35. The average Bonchev–Trinajstić information content (AvgIpc) is 2.76. The van der Waals surface area contributed by atoms with Crippen LogP contribution in [0.4, 0.5) is 5.69 Å². The fourth-order valence-electron chi connectivity index (χ4n) is 3.55. The monoisotopic (exact) mass is 431 g/mol. The quantitative estimate of drug-likeness (QED) is 0.520. The highest BCUT2D eigenvalue weighted by Gasteiger charge is 2.29. The molecule has 2 heterocycles. The number of amides is 3. The van der Waals surface area contributed by atoms with Crippen molar-refractivity contribution in [2.75, 3.05) is 43.4 Å². The molecule has 1 aromatic rings. The normalized spacial score (nSPS) is 21.7. The van der Waals surface area contributed by atoms with E-state index in [2.05, 4.69) is 39.6 Å². The third-order valence-electron chi connectivity index (χ3n) is 5.11. The first-order valence-electron chi connectivity index (χ1n) is 10.2. The number of nitrogens with zero attached hydrogens (tertiary/aromatic N) is 2. The molecule has 162 valence electrons. The van der Waals surface area contributed by atoms with E-state index in [4.69, 9.17) is 0 Å². The van der Waals surface area contributed by atoms with Crippen LogP contribution in [0.15, 0.2) is 43.0 Å². The summed E-state index contributed by atoms with van der Waals surface area (Å²) < 4.78 is 0. The van der Waals surface area contributed by atoms with E-state index in [9.17, 15) is 14.4 Å². The van der Waals surface area contributed by atoms with E-state index in [1.165, 1.54) is 17.4 Å². The number of anilines is 1. The van der Waals surface area contributed by atoms with Crippen LogP contribution < -0.4 is 20.9 Å². The Morgan fingerprint density at radius 3 is 2.63 bits per heavy atom. The summed E-state index contributed by atoms with van der Waals surface area (Å²) in [5.41, 5.74) is 0.800. The third kappa shape index (κ3) is 6.50. The number of benzene rings is 1. The molecule has 0 radical (unpaired) electrons. The molecule has 9 heteroatoms. The Morgan fingerprint density at radius 1 is 1.20 bits per heavy atom. The molecule has 2 aliphatic rings. The van der Waals surface area contributed by atoms with Crippen molar-refractivity contribution in [2.24, 2.45) is 0 Å². The number of rotatable bonds is 8. The molecule has 2 unspecified atom stereocenters. The molecule has 2 fully saturated rings. The number of para-hydroxylation sites is 1. The minimum atomic E-state index is -0.377. The molecule has 3 amide bonds. The minimum Gasteiger partial charge on any atom is -0.368 e. The summed E-state index contributed by atoms with van der Waals surface area (Å²) in [6, 6.07) is 9.95. The van der Waals surface area contributed by atoms with Crippen LogP contribution in [-0.2, 0) is 14.4 Å². The van der Waals surface area contributed by atoms with Gasteiger partial charge in [-0.15, -0.1) is 18.3 Å². The zero-order chi connectivity index (χ0) is 21.3. The van der Waals surface area contributed by atoms with E-state index >= 15 is 0 Å². The summed E-state index contributed by atoms with van der Waals surface area (Å²) in [6.07, 6.45) is 2.07. The highest BCUT2D eigenvalue weighted by atomic mass is 32.2. The van der Waals surface area contributed by atoms with Crippen molar-refractivity contribution in [1.82, 2.24) is 20.9 Å². The SMILES string of the molecule is C=CCNC(=O)CC1CC(=O)NC(SCC(=O)N2CCN(c3ccccc3)CC2)N1. The van der Waals surface area contributed by atoms with Gasteiger partial charge in [-0.1, -0.05) is 24.3 Å². The zero-order valence-electron chi connectivity index (χ0n) is 17.0. The number of nitrogens with one attached hydrogen (secondary N) is 3. The Morgan fingerprint density at radius 2 is 1.93 bits per heavy atom. The Bertz CT molecular complexity index is 752. The summed E-state index contributed by atoms with van der Waals surface area (Å²) in [7, 11) is 0. The molecule has 8 nitrogen and oxygen atoms in total. The highest BCUT2D eigenvalue weighted by molar-refractivity contribution is 8.00. The average molecular weight is 432 g/mol. The molecule has 2 atom stereocenters. The van der Waals surface area contributed by atoms with Crippen LogP contribution in [0.25, 0.3) is 0 Å². The number of hydrogen-bond acceptors (Lipinski definition) is 6. The van der Waals surface area contributed by atoms with Gasteiger partial charge in [0.25, 0.3) is 0 Å². The van der Waals surface area contributed by atoms with E-state index in [-0.39, 0.29) is 47.9 Å². The predicted molar refractivity (Wildman–Crippen MR) is 119 cm³/mol. The fourth-order valence-corrected chi connectivity index (χ4v) is 4.54. The van der Waals surface area contributed by atoms with Crippen LogP contribution in [0.3, 0.4) is 0 Å². The van der Waals surface area contributed by atoms with Crippen LogP contribution in [0.1, 0.15) is 12.8 Å². The van der Waals surface area contributed by atoms with Gasteiger partial charge in [-0.3, -0.25) is 19.7 Å². The van der Waals surface area contributed by atoms with Crippen molar-refractivity contribution in [3.8, 4) is 0 Å². The lowest BCUT2D eigenvalue weighted by atomic mass is 10.1. The highest BCUT2D eigenvalue weighted by Crippen LogP contribution is 2.18. The molecular formula is C21H29N5O3S. The number of hydrogen-bond donors (Lipinski definition) is 3. The Labute approximate surface area is 181 Å². The maximum atomic E-state index is 12.6. The molecule has 0 aromatic heterocycles. The van der Waals surface area contributed by atoms with E-state index in [0.29, 0.717) is 19.6 Å². The Kier molecular flexibility index (Phi) is 8.15. The van der Waals surface area contributed by atoms with Gasteiger partial charge in [-0.25, -0.2) is 0 Å². The van der Waals surface area contributed by atoms with Gasteiger partial charge in [0.1, 0.15) is 5.50 Å². The van der Waals surface area contributed by atoms with E-state index < -0.39 is 0 Å². The fraction of sp³-hybridized carbons (Fsp3) is 0.476. The Hall–Kier alpha value is -2.52. The molecule has 3 N–H and O–H groups in total. The van der Waals surface area contributed by atoms with Gasteiger partial charge in [0.15, 0.2) is 0 Å². The summed E-state index contributed by atoms with van der Waals surface area (Å²) in [6.45, 7) is 6.95. The smallest absolute Gasteiger partial charge is 0.232 e. The molecule has 0 spiro atoms. The Balaban J connectivity index is 1.41. The molecule has 2 saturated heterocycles. The minimum absolute atomic E-state index is 0.0645. The van der Waals surface area contributed by atoms with Gasteiger partial charge in [0.2, 0.25) is 17.7 Å². The zero-order valence-corrected chi connectivity index (χ0v) is 17.8. The molecule has 2 aliphatic heterocycles. The maximum Gasteiger partial charge on any atom is 0.232 e. The van der Waals surface area contributed by atoms with Crippen molar-refractivity contribution >= 4 is 35.2 Å². The van der Waals surface area contributed by atoms with Crippen LogP contribution in [0, 0.1) is 0 Å². The van der Waals surface area contributed by atoms with Crippen LogP contribution in [0.2, 0.25) is 0 Å². The predicted octanol–water partition coefficient (Wildman–Crippen LogP) is 0.522. The molecule has 3 rings (SSSR count). The second-order valence-corrected chi connectivity index (χ2v) is 8.42. The van der Waals surface area contributed by atoms with Crippen molar-refractivity contribution in [3.63, 3.8) is 0 Å². The standard InChI is InChI=1S/C21H29N5O3S/c1-2-8-22-18(27)13-16-14-19(28)24-21(23-16)30-15-20(29)26-11-9-25(10-12-26)17-6-4-3-5-7-17/h2-7,16,21,23H,1,8-15H2,(H,22,27)(H,24,28). The topological polar surface area (TPSA) is 93.8 Å². The number of piperazine rings is 1. The van der Waals surface area contributed by atoms with E-state index in [1.807, 2.05) is 23.1 Å². The van der Waals surface area contributed by atoms with Crippen molar-refractivity contribution < 1.29 is 14.4 Å². The van der Waals surface area contributed by atoms with Crippen molar-refractivity contribution in [2.45, 2.75) is 24.4 Å². The summed E-state index contributed by atoms with van der Waals surface area (Å²) in [5, 5.41) is 8.80. The number of carbonyl (C=O) groups is 3. The first-order valence-corrected chi connectivity index (χ1v) is 11.2. The summed E-state index contributed by atoms with van der Waals surface area (Å²) in [5.74, 6) is 0.100. The van der Waals surface area contributed by atoms with Gasteiger partial charge < -0.3 is 20.4 Å². The lowest BCUT2D eigenvalue weighted by Crippen LogP contribution is -2.56. The first-order chi connectivity index (χ1) is 14.5. The summed E-state index contributed by atoms with van der Waals surface area (Å²) in [4.78, 5) is 40.6. The van der Waals surface area contributed by atoms with Gasteiger partial charge >= 0.3 is 0 Å². The maximum absolute atomic E-state index is 12.6. The van der Waals surface area contributed by atoms with Crippen LogP contribution in [-0.4, -0.2) is 72.6 Å². The van der Waals surface area contributed by atoms with Crippen molar-refractivity contribution in [1.29, 1.82) is 0 Å². The van der Waals surface area contributed by atoms with Gasteiger partial charge in [-0.2, -0.15) is 0 Å². The molecule has 1 aromatic carbocycles. The van der Waals surface area contributed by atoms with Gasteiger partial charge in [0.05, 0.1) is 5.75 Å². The molecule has 30 heavy (non-hydrogen) atoms. The van der Waals surface area contributed by atoms with Crippen molar-refractivity contribution in [3.05, 3.63) is 43.0 Å². The third-order valence-corrected chi connectivity index (χ3v) is 6.11. The molecular weight excluding hydrogens is 402 g/mol. The lowest BCUT2D eigenvalue weighted by Gasteiger charge is -2.36. The second-order valence-electron chi connectivity index (χ2n) is 7.33. The van der Waals surface area contributed by atoms with E-state index in [1.54, 1.807) is 6.08 Å². The molecule has 0 bridgehead atoms. The largest absolute Gasteiger partial charge is 0.368 e. The first kappa shape index (κ1) is 22.2. The van der Waals surface area contributed by atoms with Gasteiger partial charge in [0, 0.05) is 57.3 Å². The van der Waals surface area contributed by atoms with E-state index in [0.717, 1.165) is 13.1 Å². The van der Waals surface area contributed by atoms with Gasteiger partial charge in [-0.05, 0) is 12.1 Å². The number of carbonyl (C=O) groups excluding carboxylic acids is 3. The molecule has 0 aliphatic carbocycles. The number of thioether (sulfide) groups is 1. The van der Waals surface area contributed by atoms with Crippen LogP contribution in [0.5, 0.6) is 0 Å². The molecule has 0 saturated carbocycles. The van der Waals surface area contributed by atoms with Crippen LogP contribution >= 0.6 is 11.8 Å².